The first-order chi connectivity index (χ1) is 11.3. The molecule has 0 aliphatic rings. The maximum atomic E-state index is 9.98. The van der Waals surface area contributed by atoms with E-state index in [1.165, 1.54) is 37.7 Å². The third kappa shape index (κ3) is 1.68. The van der Waals surface area contributed by atoms with Gasteiger partial charge < -0.3 is 5.11 Å². The van der Waals surface area contributed by atoms with E-state index in [4.69, 9.17) is 0 Å². The maximum absolute atomic E-state index is 9.98. The number of hydrogen-bond donors (Lipinski definition) is 1. The van der Waals surface area contributed by atoms with Crippen LogP contribution in [0.2, 0.25) is 0 Å². The molecule has 0 saturated heterocycles. The predicted octanol–water partition coefficient (Wildman–Crippen LogP) is 6.01. The first kappa shape index (κ1) is 12.5. The Morgan fingerprint density at radius 3 is 1.96 bits per heavy atom. The van der Waals surface area contributed by atoms with Crippen LogP contribution in [0.1, 0.15) is 0 Å². The van der Waals surface area contributed by atoms with Gasteiger partial charge in [-0.05, 0) is 55.2 Å². The highest BCUT2D eigenvalue weighted by molar-refractivity contribution is 6.31. The number of benzene rings is 5. The van der Waals surface area contributed by atoms with Crippen molar-refractivity contribution in [2.75, 3.05) is 0 Å². The lowest BCUT2D eigenvalue weighted by Crippen LogP contribution is -1.85. The van der Waals surface area contributed by atoms with E-state index in [1.54, 1.807) is 6.07 Å². The summed E-state index contributed by atoms with van der Waals surface area (Å²) in [5.41, 5.74) is 0. The smallest absolute Gasteiger partial charge is 0.116 e. The molecular weight excluding hydrogens is 280 g/mol. The molecule has 1 nitrogen and oxygen atoms in total. The largest absolute Gasteiger partial charge is 0.508 e. The number of phenols is 1. The molecule has 0 atom stereocenters. The van der Waals surface area contributed by atoms with Gasteiger partial charge in [0.15, 0.2) is 0 Å². The molecule has 108 valence electrons. The lowest BCUT2D eigenvalue weighted by molar-refractivity contribution is 0.476. The van der Waals surface area contributed by atoms with Gasteiger partial charge in [-0.25, -0.2) is 0 Å². The van der Waals surface area contributed by atoms with Crippen molar-refractivity contribution in [3.8, 4) is 5.75 Å². The summed E-state index contributed by atoms with van der Waals surface area (Å²) < 4.78 is 0. The van der Waals surface area contributed by atoms with Crippen molar-refractivity contribution in [2.24, 2.45) is 0 Å². The van der Waals surface area contributed by atoms with E-state index in [1.807, 2.05) is 12.1 Å². The molecule has 1 N–H and O–H groups in total. The molecule has 1 heteroatoms. The lowest BCUT2D eigenvalue weighted by atomic mass is 9.91. The zero-order valence-corrected chi connectivity index (χ0v) is 12.5. The van der Waals surface area contributed by atoms with Gasteiger partial charge in [0, 0.05) is 0 Å². The Morgan fingerprint density at radius 2 is 1.09 bits per heavy atom. The molecule has 0 bridgehead atoms. The van der Waals surface area contributed by atoms with Crippen molar-refractivity contribution in [3.05, 3.63) is 78.9 Å². The van der Waals surface area contributed by atoms with Crippen LogP contribution in [0.15, 0.2) is 78.9 Å². The molecule has 0 aliphatic heterocycles. The third-order valence-corrected chi connectivity index (χ3v) is 4.71. The van der Waals surface area contributed by atoms with Gasteiger partial charge in [-0.15, -0.1) is 0 Å². The molecule has 0 unspecified atom stereocenters. The van der Waals surface area contributed by atoms with Crippen LogP contribution in [-0.2, 0) is 0 Å². The second kappa shape index (κ2) is 4.47. The van der Waals surface area contributed by atoms with Gasteiger partial charge in [-0.3, -0.25) is 0 Å². The van der Waals surface area contributed by atoms with Crippen molar-refractivity contribution < 1.29 is 5.11 Å². The van der Waals surface area contributed by atoms with Crippen LogP contribution in [0, 0.1) is 0 Å². The fraction of sp³-hybridized carbons (Fsp3) is 0. The summed E-state index contributed by atoms with van der Waals surface area (Å²) in [7, 11) is 0. The van der Waals surface area contributed by atoms with Crippen LogP contribution in [0.4, 0.5) is 0 Å². The third-order valence-electron chi connectivity index (χ3n) is 4.71. The van der Waals surface area contributed by atoms with Crippen LogP contribution >= 0.6 is 0 Å². The number of phenolic OH excluding ortho intramolecular Hbond substituents is 1. The van der Waals surface area contributed by atoms with E-state index in [0.29, 0.717) is 5.75 Å². The molecule has 0 radical (unpaired) electrons. The zero-order valence-electron chi connectivity index (χ0n) is 12.5. The summed E-state index contributed by atoms with van der Waals surface area (Å²) >= 11 is 0. The van der Waals surface area contributed by atoms with Crippen molar-refractivity contribution in [2.45, 2.75) is 0 Å². The van der Waals surface area contributed by atoms with Gasteiger partial charge in [-0.2, -0.15) is 0 Å². The quantitative estimate of drug-likeness (QED) is 0.347. The Labute approximate surface area is 133 Å². The van der Waals surface area contributed by atoms with Crippen LogP contribution in [0.25, 0.3) is 43.1 Å². The number of aromatic hydroxyl groups is 1. The number of fused-ring (bicyclic) bond motifs is 8. The molecule has 23 heavy (non-hydrogen) atoms. The van der Waals surface area contributed by atoms with E-state index < -0.39 is 0 Å². The summed E-state index contributed by atoms with van der Waals surface area (Å²) in [6, 6.07) is 27.0. The fourth-order valence-corrected chi connectivity index (χ4v) is 3.71. The molecule has 5 aromatic rings. The molecule has 0 amide bonds. The van der Waals surface area contributed by atoms with Crippen molar-refractivity contribution in [1.29, 1.82) is 0 Å². The maximum Gasteiger partial charge on any atom is 0.116 e. The molecule has 0 aromatic heterocycles. The minimum Gasteiger partial charge on any atom is -0.508 e. The molecule has 0 saturated carbocycles. The number of rotatable bonds is 0. The second-order valence-corrected chi connectivity index (χ2v) is 5.98. The first-order valence-corrected chi connectivity index (χ1v) is 7.78. The molecule has 0 spiro atoms. The summed E-state index contributed by atoms with van der Waals surface area (Å²) in [6.45, 7) is 0. The van der Waals surface area contributed by atoms with Crippen molar-refractivity contribution in [3.63, 3.8) is 0 Å². The summed E-state index contributed by atoms with van der Waals surface area (Å²) in [5, 5.41) is 19.7. The van der Waals surface area contributed by atoms with Gasteiger partial charge in [-0.1, -0.05) is 66.7 Å². The van der Waals surface area contributed by atoms with Crippen LogP contribution < -0.4 is 0 Å². The average Bonchev–Trinajstić information content (AvgIpc) is 2.61. The van der Waals surface area contributed by atoms with E-state index in [2.05, 4.69) is 60.7 Å². The Balaban J connectivity index is 2.22. The van der Waals surface area contributed by atoms with E-state index in [0.717, 1.165) is 5.39 Å². The van der Waals surface area contributed by atoms with Crippen molar-refractivity contribution >= 4 is 43.1 Å². The second-order valence-electron chi connectivity index (χ2n) is 5.98. The van der Waals surface area contributed by atoms with Gasteiger partial charge in [0.05, 0.1) is 0 Å². The Bertz CT molecular complexity index is 1220. The summed E-state index contributed by atoms with van der Waals surface area (Å²) in [6.07, 6.45) is 0. The standard InChI is InChI=1S/C22H14O/c23-15-10-12-18-17-7-3-4-8-19(17)22-16-6-2-1-5-14(16)9-11-20(22)21(18)13-15/h1-13,23H. The molecule has 0 aliphatic carbocycles. The Hall–Kier alpha value is -3.06. The highest BCUT2D eigenvalue weighted by Crippen LogP contribution is 2.39. The van der Waals surface area contributed by atoms with Crippen LogP contribution in [0.3, 0.4) is 0 Å². The highest BCUT2D eigenvalue weighted by atomic mass is 16.3. The van der Waals surface area contributed by atoms with Gasteiger partial charge in [0.2, 0.25) is 0 Å². The lowest BCUT2D eigenvalue weighted by Gasteiger charge is -2.13. The Morgan fingerprint density at radius 1 is 0.478 bits per heavy atom. The first-order valence-electron chi connectivity index (χ1n) is 7.78. The van der Waals surface area contributed by atoms with Gasteiger partial charge in [0.1, 0.15) is 5.75 Å². The monoisotopic (exact) mass is 294 g/mol. The van der Waals surface area contributed by atoms with Gasteiger partial charge in [0.25, 0.3) is 0 Å². The van der Waals surface area contributed by atoms with E-state index in [-0.39, 0.29) is 0 Å². The number of hydrogen-bond acceptors (Lipinski definition) is 1. The molecular formula is C22H14O. The molecule has 0 fully saturated rings. The average molecular weight is 294 g/mol. The van der Waals surface area contributed by atoms with Gasteiger partial charge >= 0.3 is 0 Å². The van der Waals surface area contributed by atoms with E-state index in [9.17, 15) is 5.11 Å². The molecule has 0 heterocycles. The minimum atomic E-state index is 0.308. The SMILES string of the molecule is Oc1ccc2c3ccccc3c3c4ccccc4ccc3c2c1. The van der Waals surface area contributed by atoms with E-state index >= 15 is 0 Å². The zero-order chi connectivity index (χ0) is 15.4. The highest BCUT2D eigenvalue weighted by Gasteiger charge is 2.11. The Kier molecular flexibility index (Phi) is 2.42. The fourth-order valence-electron chi connectivity index (χ4n) is 3.71. The minimum absolute atomic E-state index is 0.308. The van der Waals surface area contributed by atoms with Crippen LogP contribution in [-0.4, -0.2) is 5.11 Å². The predicted molar refractivity (Wildman–Crippen MR) is 98.1 cm³/mol. The molecule has 5 aromatic carbocycles. The summed E-state index contributed by atoms with van der Waals surface area (Å²) in [5.74, 6) is 0.308. The molecule has 5 rings (SSSR count). The summed E-state index contributed by atoms with van der Waals surface area (Å²) in [4.78, 5) is 0. The topological polar surface area (TPSA) is 20.2 Å². The van der Waals surface area contributed by atoms with Crippen LogP contribution in [0.5, 0.6) is 5.75 Å². The van der Waals surface area contributed by atoms with Crippen molar-refractivity contribution in [1.82, 2.24) is 0 Å². The normalized spacial score (nSPS) is 11.7.